The number of aromatic nitrogens is 4. The first-order valence-electron chi connectivity index (χ1n) is 26.1. The van der Waals surface area contributed by atoms with E-state index in [1.54, 1.807) is 0 Å². The zero-order chi connectivity index (χ0) is 50.6. The number of nitrogens with zero attached hydrogens (tertiary/aromatic N) is 4. The summed E-state index contributed by atoms with van der Waals surface area (Å²) in [6.45, 7) is 0. The molecule has 16 rings (SSSR count). The van der Waals surface area contributed by atoms with Crippen LogP contribution in [-0.2, 0) is 0 Å². The van der Waals surface area contributed by atoms with Crippen molar-refractivity contribution < 1.29 is 0 Å². The van der Waals surface area contributed by atoms with Crippen molar-refractivity contribution in [3.05, 3.63) is 267 Å². The Morgan fingerprint density at radius 3 is 1.06 bits per heavy atom. The van der Waals surface area contributed by atoms with E-state index in [-0.39, 0.29) is 0 Å². The van der Waals surface area contributed by atoms with Gasteiger partial charge in [0, 0.05) is 0 Å². The van der Waals surface area contributed by atoms with E-state index >= 15 is 0 Å². The summed E-state index contributed by atoms with van der Waals surface area (Å²) in [7, 11) is 0. The third-order valence-corrected chi connectivity index (χ3v) is 28.7. The fraction of sp³-hybridized carbons (Fsp3) is 0. The van der Waals surface area contributed by atoms with Crippen LogP contribution in [0.4, 0.5) is 0 Å². The van der Waals surface area contributed by atoms with Crippen LogP contribution in [0.2, 0.25) is 0 Å². The molecule has 0 aliphatic heterocycles. The molecule has 0 atom stereocenters. The molecule has 0 N–H and O–H groups in total. The van der Waals surface area contributed by atoms with Gasteiger partial charge in [0.15, 0.2) is 0 Å². The van der Waals surface area contributed by atoms with Crippen molar-refractivity contribution in [2.75, 3.05) is 0 Å². The molecule has 0 saturated carbocycles. The third kappa shape index (κ3) is 6.76. The Bertz CT molecular complexity index is 4660. The quantitative estimate of drug-likeness (QED) is 0.142. The number of para-hydroxylation sites is 4. The number of rotatable bonds is 8. The van der Waals surface area contributed by atoms with Gasteiger partial charge in [0.2, 0.25) is 0 Å². The van der Waals surface area contributed by atoms with Gasteiger partial charge in [-0.2, -0.15) is 0 Å². The zero-order valence-corrected chi connectivity index (χ0v) is 45.2. The van der Waals surface area contributed by atoms with E-state index in [1.807, 2.05) is 22.7 Å². The van der Waals surface area contributed by atoms with Crippen molar-refractivity contribution >= 4 is 138 Å². The zero-order valence-electron chi connectivity index (χ0n) is 41.5. The molecule has 16 aromatic rings. The molecule has 6 aromatic heterocycles. The monoisotopic (exact) mass is 1080 g/mol. The van der Waals surface area contributed by atoms with Crippen molar-refractivity contribution in [1.82, 2.24) is 19.1 Å². The van der Waals surface area contributed by atoms with Crippen LogP contribution in [-0.4, -0.2) is 32.4 Å². The van der Waals surface area contributed by atoms with E-state index < -0.39 is 13.3 Å². The molecule has 0 saturated heterocycles. The Morgan fingerprint density at radius 1 is 0.286 bits per heavy atom. The minimum atomic E-state index is -4.12. The first-order chi connectivity index (χ1) is 38.2. The van der Waals surface area contributed by atoms with Crippen molar-refractivity contribution in [2.24, 2.45) is 0 Å². The van der Waals surface area contributed by atoms with Crippen molar-refractivity contribution in [2.45, 2.75) is 0 Å². The van der Waals surface area contributed by atoms with Crippen LogP contribution < -0.4 is 17.8 Å². The van der Waals surface area contributed by atoms with Crippen LogP contribution in [0.25, 0.3) is 118 Å². The molecule has 0 amide bonds. The van der Waals surface area contributed by atoms with Crippen molar-refractivity contribution in [3.63, 3.8) is 0 Å². The van der Waals surface area contributed by atoms with Gasteiger partial charge in [-0.1, -0.05) is 48.5 Å². The first-order valence-corrected chi connectivity index (χ1v) is 31.9. The Balaban J connectivity index is 0.878. The smallest absolute Gasteiger partial charge is 0.0380 e. The van der Waals surface area contributed by atoms with E-state index in [0.29, 0.717) is 0 Å². The van der Waals surface area contributed by atoms with Crippen LogP contribution >= 0.6 is 22.7 Å². The molecular formula is C70H44GeN4S2. The number of hydrogen-bond donors (Lipinski definition) is 0. The predicted molar refractivity (Wildman–Crippen MR) is 331 cm³/mol. The molecule has 0 bridgehead atoms. The summed E-state index contributed by atoms with van der Waals surface area (Å²) in [5.74, 6) is 0. The molecule has 0 fully saturated rings. The second-order valence-electron chi connectivity index (χ2n) is 20.0. The number of hydrogen-bond acceptors (Lipinski definition) is 4. The topological polar surface area (TPSA) is 35.6 Å². The van der Waals surface area contributed by atoms with Gasteiger partial charge in [-0.3, -0.25) is 0 Å². The van der Waals surface area contributed by atoms with Gasteiger partial charge in [0.1, 0.15) is 0 Å². The second kappa shape index (κ2) is 17.6. The molecular weight excluding hydrogens is 1030 g/mol. The summed E-state index contributed by atoms with van der Waals surface area (Å²) >= 11 is -0.369. The summed E-state index contributed by atoms with van der Waals surface area (Å²) in [6, 6.07) is 93.9. The van der Waals surface area contributed by atoms with Crippen LogP contribution in [0.15, 0.2) is 267 Å². The maximum Gasteiger partial charge on any atom is -0.0380 e. The molecule has 6 heterocycles. The van der Waals surface area contributed by atoms with Gasteiger partial charge in [0.05, 0.1) is 0 Å². The summed E-state index contributed by atoms with van der Waals surface area (Å²) in [4.78, 5) is 11.2. The van der Waals surface area contributed by atoms with Crippen LogP contribution in [0.3, 0.4) is 0 Å². The van der Waals surface area contributed by atoms with E-state index in [1.165, 1.54) is 124 Å². The Labute approximate surface area is 454 Å². The van der Waals surface area contributed by atoms with E-state index in [9.17, 15) is 0 Å². The molecule has 0 aliphatic carbocycles. The van der Waals surface area contributed by atoms with Gasteiger partial charge in [-0.05, 0) is 24.3 Å². The van der Waals surface area contributed by atoms with E-state index in [2.05, 4.69) is 276 Å². The van der Waals surface area contributed by atoms with Gasteiger partial charge in [-0.15, -0.1) is 0 Å². The first kappa shape index (κ1) is 44.4. The van der Waals surface area contributed by atoms with Crippen molar-refractivity contribution in [3.8, 4) is 33.6 Å². The molecule has 0 spiro atoms. The molecule has 7 heteroatoms. The minimum Gasteiger partial charge on any atom is -0.0602 e. The normalized spacial score (nSPS) is 12.2. The van der Waals surface area contributed by atoms with E-state index in [4.69, 9.17) is 9.97 Å². The molecule has 77 heavy (non-hydrogen) atoms. The van der Waals surface area contributed by atoms with Crippen LogP contribution in [0.5, 0.6) is 0 Å². The van der Waals surface area contributed by atoms with E-state index in [0.717, 1.165) is 11.4 Å². The average molecular weight is 1080 g/mol. The number of pyridine rings is 2. The Hall–Kier alpha value is -8.92. The number of benzene rings is 10. The third-order valence-electron chi connectivity index (χ3n) is 15.9. The largest absolute Gasteiger partial charge is 0.0602 e. The average Bonchev–Trinajstić information content (AvgIpc) is 4.48. The van der Waals surface area contributed by atoms with Crippen LogP contribution in [0.1, 0.15) is 0 Å². The van der Waals surface area contributed by atoms with Gasteiger partial charge in [-0.25, -0.2) is 0 Å². The maximum atomic E-state index is 5.61. The van der Waals surface area contributed by atoms with Crippen molar-refractivity contribution in [1.29, 1.82) is 0 Å². The fourth-order valence-corrected chi connectivity index (χ4v) is 26.4. The molecule has 360 valence electrons. The molecule has 0 unspecified atom stereocenters. The van der Waals surface area contributed by atoms with Gasteiger partial charge in [0.25, 0.3) is 0 Å². The Morgan fingerprint density at radius 2 is 0.636 bits per heavy atom. The Kier molecular flexibility index (Phi) is 10.1. The maximum absolute atomic E-state index is 5.61. The molecule has 0 radical (unpaired) electrons. The number of fused-ring (bicyclic) bond motifs is 12. The minimum absolute atomic E-state index is 1.16. The SMILES string of the molecule is c1ccc(-n2c3ccccc3c3cc(-c4ccc5sc6[c]([Ge]([c]7ccccc7)([c]7ccccc7)[c]7nccc8c7sc7ccc(-c9ccc%10c(c9)c9ccccc9n%10-c9ccccc9)cc78)nccc6c5c4)ccc32)cc1. The molecule has 4 nitrogen and oxygen atoms in total. The standard InChI is InChI=1S/C70H44GeN4S2/c1-5-17-49(18-6-1)71(50-19-7-2-8-20-50,69-67-55(37-39-72-69)59-43-47(31-35-65(59)76-67)45-29-33-63-57(41-45)53-25-13-15-27-61(53)74(63)51-21-9-3-10-22-51)70-68-56(38-40-73-70)60-44-48(32-36-66(60)77-68)46-30-34-64-58(42-46)54-26-14-16-28-62(54)75(64)52-23-11-4-12-24-52/h1-44H. The second-order valence-corrected chi connectivity index (χ2v) is 29.7. The van der Waals surface area contributed by atoms with Gasteiger partial charge >= 0.3 is 385 Å². The number of thiophene rings is 2. The fourth-order valence-electron chi connectivity index (χ4n) is 12.5. The molecule has 10 aromatic carbocycles. The summed E-state index contributed by atoms with van der Waals surface area (Å²) in [5, 5.41) is 9.96. The molecule has 0 aliphatic rings. The van der Waals surface area contributed by atoms with Crippen LogP contribution in [0, 0.1) is 0 Å². The summed E-state index contributed by atoms with van der Waals surface area (Å²) in [6.07, 6.45) is 4.14. The predicted octanol–water partition coefficient (Wildman–Crippen LogP) is 16.1. The summed E-state index contributed by atoms with van der Waals surface area (Å²) in [5.41, 5.74) is 11.9. The summed E-state index contributed by atoms with van der Waals surface area (Å²) < 4.78 is 14.7. The van der Waals surface area contributed by atoms with Gasteiger partial charge < -0.3 is 0 Å².